The van der Waals surface area contributed by atoms with E-state index in [-0.39, 0.29) is 5.38 Å². The number of imidazole rings is 1. The zero-order valence-corrected chi connectivity index (χ0v) is 13.2. The van der Waals surface area contributed by atoms with Crippen molar-refractivity contribution in [3.8, 4) is 6.07 Å². The average Bonchev–Trinajstić information content (AvgIpc) is 3.03. The minimum atomic E-state index is -0.205. The van der Waals surface area contributed by atoms with Gasteiger partial charge in [-0.15, -0.1) is 22.9 Å². The molecule has 6 heteroatoms. The molecule has 21 heavy (non-hydrogen) atoms. The molecule has 0 amide bonds. The number of thiazole rings is 1. The summed E-state index contributed by atoms with van der Waals surface area (Å²) in [5.41, 5.74) is 2.39. The Morgan fingerprint density at radius 3 is 2.90 bits per heavy atom. The lowest BCUT2D eigenvalue weighted by molar-refractivity contribution is 0.738. The van der Waals surface area contributed by atoms with Crippen molar-refractivity contribution in [2.24, 2.45) is 0 Å². The van der Waals surface area contributed by atoms with Gasteiger partial charge in [0.25, 0.3) is 0 Å². The molecule has 0 radical (unpaired) electrons. The molecule has 3 aromatic rings. The molecule has 3 rings (SSSR count). The molecule has 0 saturated heterocycles. The van der Waals surface area contributed by atoms with E-state index in [4.69, 9.17) is 16.9 Å². The number of fused-ring (bicyclic) bond motifs is 1. The fourth-order valence-corrected chi connectivity index (χ4v) is 3.23. The highest BCUT2D eigenvalue weighted by atomic mass is 35.5. The van der Waals surface area contributed by atoms with Crippen LogP contribution >= 0.6 is 22.9 Å². The van der Waals surface area contributed by atoms with Gasteiger partial charge in [0.2, 0.25) is 0 Å². The molecular weight excluding hydrogens is 304 g/mol. The van der Waals surface area contributed by atoms with E-state index in [2.05, 4.69) is 16.0 Å². The maximum Gasteiger partial charge on any atom is 0.128 e. The first-order chi connectivity index (χ1) is 10.1. The van der Waals surface area contributed by atoms with E-state index < -0.39 is 0 Å². The maximum absolute atomic E-state index is 9.08. The molecule has 0 spiro atoms. The number of halogens is 1. The van der Waals surface area contributed by atoms with Gasteiger partial charge >= 0.3 is 0 Å². The number of benzene rings is 1. The Kier molecular flexibility index (Phi) is 3.66. The molecule has 0 fully saturated rings. The lowest BCUT2D eigenvalue weighted by Gasteiger charge is -2.08. The number of nitriles is 1. The summed E-state index contributed by atoms with van der Waals surface area (Å²) in [7, 11) is 0. The van der Waals surface area contributed by atoms with E-state index in [1.54, 1.807) is 17.4 Å². The third-order valence-electron chi connectivity index (χ3n) is 3.23. The summed E-state index contributed by atoms with van der Waals surface area (Å²) in [5.74, 6) is 0.801. The predicted molar refractivity (Wildman–Crippen MR) is 84.7 cm³/mol. The standard InChI is InChI=1S/C15H13ClN4S/c1-9-7-18-14(21-9)8-20-13-5-11(6-17)3-4-12(13)19-15(20)10(2)16/h3-5,7,10H,8H2,1-2H3. The first-order valence-corrected chi connectivity index (χ1v) is 7.79. The van der Waals surface area contributed by atoms with Crippen LogP contribution in [-0.4, -0.2) is 14.5 Å². The normalized spacial score (nSPS) is 12.5. The number of aromatic nitrogens is 3. The highest BCUT2D eigenvalue weighted by molar-refractivity contribution is 7.11. The van der Waals surface area contributed by atoms with Crippen LogP contribution in [0, 0.1) is 18.3 Å². The second-order valence-corrected chi connectivity index (χ2v) is 6.83. The number of hydrogen-bond acceptors (Lipinski definition) is 4. The third kappa shape index (κ3) is 2.65. The second kappa shape index (κ2) is 5.47. The summed E-state index contributed by atoms with van der Waals surface area (Å²) in [6.07, 6.45) is 1.86. The van der Waals surface area contributed by atoms with Crippen molar-refractivity contribution in [3.05, 3.63) is 45.7 Å². The van der Waals surface area contributed by atoms with Crippen molar-refractivity contribution < 1.29 is 0 Å². The molecule has 1 aromatic carbocycles. The van der Waals surface area contributed by atoms with E-state index >= 15 is 0 Å². The van der Waals surface area contributed by atoms with Crippen molar-refractivity contribution in [2.75, 3.05) is 0 Å². The van der Waals surface area contributed by atoms with Crippen molar-refractivity contribution in [1.29, 1.82) is 5.26 Å². The smallest absolute Gasteiger partial charge is 0.128 e. The summed E-state index contributed by atoms with van der Waals surface area (Å²) >= 11 is 7.92. The van der Waals surface area contributed by atoms with Gasteiger partial charge < -0.3 is 4.57 Å². The van der Waals surface area contributed by atoms with Gasteiger partial charge in [-0.3, -0.25) is 0 Å². The van der Waals surface area contributed by atoms with Gasteiger partial charge in [0.1, 0.15) is 10.8 Å². The van der Waals surface area contributed by atoms with Crippen molar-refractivity contribution >= 4 is 34.0 Å². The maximum atomic E-state index is 9.08. The number of rotatable bonds is 3. The van der Waals surface area contributed by atoms with Gasteiger partial charge in [0.05, 0.1) is 34.6 Å². The van der Waals surface area contributed by atoms with Crippen LogP contribution in [0.3, 0.4) is 0 Å². The zero-order chi connectivity index (χ0) is 15.0. The number of nitrogens with zero attached hydrogens (tertiary/aromatic N) is 4. The third-order valence-corrected chi connectivity index (χ3v) is 4.32. The first-order valence-electron chi connectivity index (χ1n) is 6.54. The van der Waals surface area contributed by atoms with Crippen molar-refractivity contribution in [3.63, 3.8) is 0 Å². The van der Waals surface area contributed by atoms with Crippen LogP contribution in [0.15, 0.2) is 24.4 Å². The van der Waals surface area contributed by atoms with Crippen LogP contribution in [0.1, 0.15) is 33.6 Å². The highest BCUT2D eigenvalue weighted by Crippen LogP contribution is 2.27. The number of aryl methyl sites for hydroxylation is 1. The quantitative estimate of drug-likeness (QED) is 0.686. The molecule has 0 aliphatic carbocycles. The largest absolute Gasteiger partial charge is 0.320 e. The second-order valence-electron chi connectivity index (χ2n) is 4.85. The molecule has 1 unspecified atom stereocenters. The van der Waals surface area contributed by atoms with Crippen LogP contribution in [-0.2, 0) is 6.54 Å². The lowest BCUT2D eigenvalue weighted by Crippen LogP contribution is -2.05. The SMILES string of the molecule is Cc1cnc(Cn2c(C(C)Cl)nc3ccc(C#N)cc32)s1. The Labute approximate surface area is 131 Å². The van der Waals surface area contributed by atoms with Crippen LogP contribution in [0.2, 0.25) is 0 Å². The van der Waals surface area contributed by atoms with E-state index in [1.165, 1.54) is 4.88 Å². The first kappa shape index (κ1) is 14.1. The Balaban J connectivity index is 2.17. The topological polar surface area (TPSA) is 54.5 Å². The van der Waals surface area contributed by atoms with Crippen LogP contribution in [0.5, 0.6) is 0 Å². The van der Waals surface area contributed by atoms with Gasteiger partial charge in [-0.05, 0) is 32.0 Å². The molecule has 2 heterocycles. The Morgan fingerprint density at radius 1 is 1.48 bits per heavy atom. The molecular formula is C15H13ClN4S. The molecule has 0 bridgehead atoms. The molecule has 2 aromatic heterocycles. The fourth-order valence-electron chi connectivity index (χ4n) is 2.29. The Bertz CT molecular complexity index is 841. The molecule has 106 valence electrons. The van der Waals surface area contributed by atoms with Crippen molar-refractivity contribution in [2.45, 2.75) is 25.8 Å². The molecule has 0 saturated carbocycles. The van der Waals surface area contributed by atoms with E-state index in [1.807, 2.05) is 36.7 Å². The lowest BCUT2D eigenvalue weighted by atomic mass is 10.2. The molecule has 0 aliphatic heterocycles. The Hall–Kier alpha value is -1.90. The zero-order valence-electron chi connectivity index (χ0n) is 11.7. The van der Waals surface area contributed by atoms with Gasteiger partial charge in [0, 0.05) is 11.1 Å². The Morgan fingerprint density at radius 2 is 2.29 bits per heavy atom. The van der Waals surface area contributed by atoms with Gasteiger partial charge in [0.15, 0.2) is 0 Å². The van der Waals surface area contributed by atoms with Crippen LogP contribution in [0.25, 0.3) is 11.0 Å². The van der Waals surface area contributed by atoms with Gasteiger partial charge in [-0.2, -0.15) is 5.26 Å². The van der Waals surface area contributed by atoms with Gasteiger partial charge in [-0.1, -0.05) is 0 Å². The molecule has 4 nitrogen and oxygen atoms in total. The molecule has 0 N–H and O–H groups in total. The van der Waals surface area contributed by atoms with E-state index in [0.717, 1.165) is 21.9 Å². The number of hydrogen-bond donors (Lipinski definition) is 0. The summed E-state index contributed by atoms with van der Waals surface area (Å²) in [4.78, 5) is 10.2. The number of alkyl halides is 1. The van der Waals surface area contributed by atoms with Gasteiger partial charge in [-0.25, -0.2) is 9.97 Å². The van der Waals surface area contributed by atoms with Crippen LogP contribution < -0.4 is 0 Å². The predicted octanol–water partition coefficient (Wildman–Crippen LogP) is 4.02. The summed E-state index contributed by atoms with van der Waals surface area (Å²) in [6.45, 7) is 4.56. The van der Waals surface area contributed by atoms with Crippen molar-refractivity contribution in [1.82, 2.24) is 14.5 Å². The summed E-state index contributed by atoms with van der Waals surface area (Å²) in [5, 5.41) is 9.88. The van der Waals surface area contributed by atoms with E-state index in [9.17, 15) is 0 Å². The summed E-state index contributed by atoms with van der Waals surface area (Å²) in [6, 6.07) is 7.65. The monoisotopic (exact) mass is 316 g/mol. The molecule has 0 aliphatic rings. The fraction of sp³-hybridized carbons (Fsp3) is 0.267. The average molecular weight is 317 g/mol. The molecule has 1 atom stereocenters. The summed E-state index contributed by atoms with van der Waals surface area (Å²) < 4.78 is 2.05. The van der Waals surface area contributed by atoms with Crippen LogP contribution in [0.4, 0.5) is 0 Å². The highest BCUT2D eigenvalue weighted by Gasteiger charge is 2.16. The minimum absolute atomic E-state index is 0.205. The minimum Gasteiger partial charge on any atom is -0.320 e. The van der Waals surface area contributed by atoms with E-state index in [0.29, 0.717) is 12.1 Å².